The maximum Gasteiger partial charge on any atom is 0.469 e. The Balaban J connectivity index is 0.000000437. The highest BCUT2D eigenvalue weighted by molar-refractivity contribution is 7.46. The molecule has 0 aliphatic carbocycles. The molecule has 0 bridgehead atoms. The van der Waals surface area contributed by atoms with Crippen LogP contribution in [0.2, 0.25) is 0 Å². The maximum atomic E-state index is 10.3. The largest absolute Gasteiger partial charge is 0.469 e. The normalized spacial score (nSPS) is 10.6. The Morgan fingerprint density at radius 1 is 1.12 bits per heavy atom. The van der Waals surface area contributed by atoms with Gasteiger partial charge in [-0.1, -0.05) is 30.3 Å². The van der Waals surface area contributed by atoms with Crippen molar-refractivity contribution < 1.29 is 23.6 Å². The van der Waals surface area contributed by atoms with E-state index in [9.17, 15) is 4.57 Å². The van der Waals surface area contributed by atoms with E-state index >= 15 is 0 Å². The van der Waals surface area contributed by atoms with Crippen LogP contribution in [-0.2, 0) is 20.4 Å². The molecule has 0 aliphatic heterocycles. The van der Waals surface area contributed by atoms with E-state index in [4.69, 9.17) is 14.5 Å². The van der Waals surface area contributed by atoms with Gasteiger partial charge in [0, 0.05) is 13.2 Å². The van der Waals surface area contributed by atoms with Gasteiger partial charge in [0.15, 0.2) is 0 Å². The molecule has 17 heavy (non-hydrogen) atoms. The van der Waals surface area contributed by atoms with Gasteiger partial charge in [-0.05, 0) is 19.4 Å². The van der Waals surface area contributed by atoms with E-state index in [1.807, 2.05) is 19.9 Å². The summed E-state index contributed by atoms with van der Waals surface area (Å²) in [5.41, 5.74) is 0.737. The Kier molecular flexibility index (Phi) is 8.94. The Morgan fingerprint density at radius 2 is 1.65 bits per heavy atom. The second kappa shape index (κ2) is 9.33. The smallest absolute Gasteiger partial charge is 0.382 e. The van der Waals surface area contributed by atoms with E-state index in [-0.39, 0.29) is 6.61 Å². The Bertz CT molecular complexity index is 320. The molecule has 0 spiro atoms. The van der Waals surface area contributed by atoms with Gasteiger partial charge < -0.3 is 14.5 Å². The Labute approximate surface area is 102 Å². The summed E-state index contributed by atoms with van der Waals surface area (Å²) in [7, 11) is -4.33. The van der Waals surface area contributed by atoms with E-state index in [1.165, 1.54) is 0 Å². The molecule has 0 saturated carbocycles. The monoisotopic (exact) mass is 262 g/mol. The maximum absolute atomic E-state index is 10.3. The van der Waals surface area contributed by atoms with Crippen molar-refractivity contribution in [3.8, 4) is 0 Å². The highest BCUT2D eigenvalue weighted by Gasteiger charge is 2.12. The molecule has 2 N–H and O–H groups in total. The summed E-state index contributed by atoms with van der Waals surface area (Å²) in [6.45, 7) is 5.60. The van der Waals surface area contributed by atoms with Crippen molar-refractivity contribution >= 4 is 7.82 Å². The highest BCUT2D eigenvalue weighted by Crippen LogP contribution is 2.36. The van der Waals surface area contributed by atoms with E-state index < -0.39 is 7.82 Å². The van der Waals surface area contributed by atoms with Gasteiger partial charge in [0.05, 0.1) is 6.61 Å². The molecule has 6 heteroatoms. The lowest BCUT2D eigenvalue weighted by atomic mass is 10.2. The molecule has 0 fully saturated rings. The summed E-state index contributed by atoms with van der Waals surface area (Å²) >= 11 is 0. The van der Waals surface area contributed by atoms with Crippen LogP contribution in [0.5, 0.6) is 0 Å². The molecule has 5 nitrogen and oxygen atoms in total. The molecule has 0 atom stereocenters. The SMILES string of the molecule is CCOCC.O=P(O)(O)OCc1ccccc1. The number of ether oxygens (including phenoxy) is 1. The topological polar surface area (TPSA) is 76.0 Å². The third-order valence-electron chi connectivity index (χ3n) is 1.65. The summed E-state index contributed by atoms with van der Waals surface area (Å²) in [4.78, 5) is 16.7. The predicted molar refractivity (Wildman–Crippen MR) is 65.4 cm³/mol. The lowest BCUT2D eigenvalue weighted by Crippen LogP contribution is -1.89. The lowest BCUT2D eigenvalue weighted by Gasteiger charge is -2.03. The van der Waals surface area contributed by atoms with Crippen LogP contribution < -0.4 is 0 Å². The second-order valence-corrected chi connectivity index (χ2v) is 4.27. The first-order valence-electron chi connectivity index (χ1n) is 5.31. The van der Waals surface area contributed by atoms with Gasteiger partial charge in [-0.15, -0.1) is 0 Å². The molecule has 0 heterocycles. The molecule has 98 valence electrons. The van der Waals surface area contributed by atoms with E-state index in [2.05, 4.69) is 4.52 Å². The number of hydrogen-bond acceptors (Lipinski definition) is 3. The number of phosphoric acid groups is 1. The van der Waals surface area contributed by atoms with Gasteiger partial charge in [0.1, 0.15) is 0 Å². The molecule has 0 radical (unpaired) electrons. The van der Waals surface area contributed by atoms with Crippen molar-refractivity contribution in [1.29, 1.82) is 0 Å². The van der Waals surface area contributed by atoms with Crippen LogP contribution in [0.25, 0.3) is 0 Å². The van der Waals surface area contributed by atoms with Crippen molar-refractivity contribution in [1.82, 2.24) is 0 Å². The van der Waals surface area contributed by atoms with Crippen molar-refractivity contribution in [3.05, 3.63) is 35.9 Å². The quantitative estimate of drug-likeness (QED) is 0.796. The Morgan fingerprint density at radius 3 is 2.00 bits per heavy atom. The summed E-state index contributed by atoms with van der Waals surface area (Å²) in [6, 6.07) is 8.84. The first kappa shape index (κ1) is 16.3. The minimum atomic E-state index is -4.33. The zero-order valence-electron chi connectivity index (χ0n) is 10.1. The zero-order valence-corrected chi connectivity index (χ0v) is 11.0. The van der Waals surface area contributed by atoms with Crippen LogP contribution in [0.4, 0.5) is 0 Å². The summed E-state index contributed by atoms with van der Waals surface area (Å²) in [5.74, 6) is 0. The molecular formula is C11H19O5P. The molecule has 1 rings (SSSR count). The van der Waals surface area contributed by atoms with Crippen molar-refractivity contribution in [2.75, 3.05) is 13.2 Å². The molecule has 0 saturated heterocycles. The van der Waals surface area contributed by atoms with Crippen LogP contribution in [0, 0.1) is 0 Å². The lowest BCUT2D eigenvalue weighted by molar-refractivity contribution is 0.162. The predicted octanol–water partition coefficient (Wildman–Crippen LogP) is 2.34. The molecule has 0 amide bonds. The number of benzene rings is 1. The fourth-order valence-electron chi connectivity index (χ4n) is 0.937. The average molecular weight is 262 g/mol. The van der Waals surface area contributed by atoms with Crippen LogP contribution >= 0.6 is 7.82 Å². The van der Waals surface area contributed by atoms with E-state index in [0.717, 1.165) is 18.8 Å². The first-order valence-corrected chi connectivity index (χ1v) is 6.84. The number of hydrogen-bond donors (Lipinski definition) is 2. The molecule has 1 aromatic carbocycles. The van der Waals surface area contributed by atoms with Gasteiger partial charge >= 0.3 is 7.82 Å². The van der Waals surface area contributed by atoms with E-state index in [1.54, 1.807) is 24.3 Å². The molecule has 0 aliphatic rings. The minimum Gasteiger partial charge on any atom is -0.382 e. The molecule has 0 unspecified atom stereocenters. The average Bonchev–Trinajstić information content (AvgIpc) is 2.29. The number of phosphoric ester groups is 1. The molecular weight excluding hydrogens is 243 g/mol. The fraction of sp³-hybridized carbons (Fsp3) is 0.455. The van der Waals surface area contributed by atoms with Crippen LogP contribution in [0.1, 0.15) is 19.4 Å². The van der Waals surface area contributed by atoms with Crippen molar-refractivity contribution in [3.63, 3.8) is 0 Å². The van der Waals surface area contributed by atoms with Crippen molar-refractivity contribution in [2.24, 2.45) is 0 Å². The van der Waals surface area contributed by atoms with E-state index in [0.29, 0.717) is 0 Å². The van der Waals surface area contributed by atoms with Gasteiger partial charge in [-0.3, -0.25) is 4.52 Å². The summed E-state index contributed by atoms with van der Waals surface area (Å²) in [6.07, 6.45) is 0. The first-order chi connectivity index (χ1) is 7.99. The molecule has 0 aromatic heterocycles. The van der Waals surface area contributed by atoms with Crippen LogP contribution in [-0.4, -0.2) is 23.0 Å². The standard InChI is InChI=1S/C7H9O4P.C4H10O/c8-12(9,10)11-6-7-4-2-1-3-5-7;1-3-5-4-2/h1-5H,6H2,(H2,8,9,10);3-4H2,1-2H3. The third kappa shape index (κ3) is 11.6. The van der Waals surface area contributed by atoms with Gasteiger partial charge in [0.25, 0.3) is 0 Å². The van der Waals surface area contributed by atoms with Crippen molar-refractivity contribution in [2.45, 2.75) is 20.5 Å². The molecule has 1 aromatic rings. The number of rotatable bonds is 5. The third-order valence-corrected chi connectivity index (χ3v) is 2.12. The Hall–Kier alpha value is -0.710. The fourth-order valence-corrected chi connectivity index (χ4v) is 1.25. The van der Waals surface area contributed by atoms with Crippen LogP contribution in [0.15, 0.2) is 30.3 Å². The second-order valence-electron chi connectivity index (χ2n) is 3.03. The zero-order chi connectivity index (χ0) is 13.1. The summed E-state index contributed by atoms with van der Waals surface area (Å²) < 4.78 is 19.4. The minimum absolute atomic E-state index is 0.0644. The highest BCUT2D eigenvalue weighted by atomic mass is 31.2. The van der Waals surface area contributed by atoms with Gasteiger partial charge in [-0.25, -0.2) is 4.57 Å². The van der Waals surface area contributed by atoms with Crippen LogP contribution in [0.3, 0.4) is 0 Å². The van der Waals surface area contributed by atoms with Gasteiger partial charge in [0.2, 0.25) is 0 Å². The van der Waals surface area contributed by atoms with Gasteiger partial charge in [-0.2, -0.15) is 0 Å². The summed E-state index contributed by atoms with van der Waals surface area (Å²) in [5, 5.41) is 0.